The van der Waals surface area contributed by atoms with Gasteiger partial charge in [0, 0.05) is 12.3 Å². The molecule has 0 spiro atoms. The first-order valence-electron chi connectivity index (χ1n) is 7.57. The molecule has 0 aliphatic rings. The monoisotopic (exact) mass is 274 g/mol. The summed E-state index contributed by atoms with van der Waals surface area (Å²) in [6, 6.07) is 9.46. The molecule has 0 aromatic heterocycles. The third-order valence-electron chi connectivity index (χ3n) is 3.65. The number of ketones is 1. The second-order valence-electron chi connectivity index (χ2n) is 5.27. The van der Waals surface area contributed by atoms with Gasteiger partial charge in [0.05, 0.1) is 6.10 Å². The molecule has 0 aliphatic heterocycles. The van der Waals surface area contributed by atoms with Crippen molar-refractivity contribution in [2.45, 2.75) is 51.6 Å². The van der Waals surface area contributed by atoms with Gasteiger partial charge in [-0.3, -0.25) is 4.79 Å². The van der Waals surface area contributed by atoms with Gasteiger partial charge in [0.15, 0.2) is 0 Å². The second kappa shape index (κ2) is 9.49. The smallest absolute Gasteiger partial charge is 0.142 e. The van der Waals surface area contributed by atoms with E-state index in [4.69, 9.17) is 0 Å². The number of carbonyl (C=O) groups is 1. The third kappa shape index (κ3) is 5.30. The van der Waals surface area contributed by atoms with E-state index in [1.807, 2.05) is 30.3 Å². The predicted octanol–water partition coefficient (Wildman–Crippen LogP) is 4.45. The highest BCUT2D eigenvalue weighted by Crippen LogP contribution is 2.28. The Hall–Kier alpha value is -1.41. The van der Waals surface area contributed by atoms with Crippen molar-refractivity contribution in [1.29, 1.82) is 0 Å². The number of aliphatic hydroxyl groups excluding tert-OH is 1. The van der Waals surface area contributed by atoms with E-state index in [0.29, 0.717) is 6.42 Å². The highest BCUT2D eigenvalue weighted by atomic mass is 16.3. The first kappa shape index (κ1) is 16.6. The van der Waals surface area contributed by atoms with Crippen LogP contribution in [0.1, 0.15) is 57.1 Å². The van der Waals surface area contributed by atoms with Gasteiger partial charge in [-0.1, -0.05) is 69.0 Å². The summed E-state index contributed by atoms with van der Waals surface area (Å²) < 4.78 is 0. The fourth-order valence-electron chi connectivity index (χ4n) is 2.46. The van der Waals surface area contributed by atoms with Gasteiger partial charge in [-0.15, -0.1) is 6.58 Å². The fraction of sp³-hybridized carbons (Fsp3) is 0.500. The molecule has 20 heavy (non-hydrogen) atoms. The number of benzene rings is 1. The quantitative estimate of drug-likeness (QED) is 0.505. The van der Waals surface area contributed by atoms with Gasteiger partial charge in [-0.2, -0.15) is 0 Å². The van der Waals surface area contributed by atoms with Crippen molar-refractivity contribution in [2.75, 3.05) is 0 Å². The van der Waals surface area contributed by atoms with Crippen LogP contribution in [0.15, 0.2) is 43.0 Å². The summed E-state index contributed by atoms with van der Waals surface area (Å²) in [4.78, 5) is 12.2. The Balaban J connectivity index is 2.70. The SMILES string of the molecule is C=CCC(=O)[C@H](CCCCCC)[C@H](O)c1ccccc1. The van der Waals surface area contributed by atoms with Crippen LogP contribution in [-0.2, 0) is 4.79 Å². The van der Waals surface area contributed by atoms with Crippen LogP contribution in [0.25, 0.3) is 0 Å². The summed E-state index contributed by atoms with van der Waals surface area (Å²) in [5, 5.41) is 10.5. The van der Waals surface area contributed by atoms with E-state index in [0.717, 1.165) is 24.8 Å². The first-order chi connectivity index (χ1) is 9.70. The number of carbonyl (C=O) groups excluding carboxylic acids is 1. The highest BCUT2D eigenvalue weighted by molar-refractivity contribution is 5.83. The Morgan fingerprint density at radius 3 is 2.55 bits per heavy atom. The molecular formula is C18H26O2. The molecule has 0 amide bonds. The van der Waals surface area contributed by atoms with Crippen molar-refractivity contribution >= 4 is 5.78 Å². The molecule has 1 N–H and O–H groups in total. The summed E-state index contributed by atoms with van der Waals surface area (Å²) in [7, 11) is 0. The number of Topliss-reactive ketones (excluding diaryl/α,β-unsaturated/α-hetero) is 1. The highest BCUT2D eigenvalue weighted by Gasteiger charge is 2.26. The van der Waals surface area contributed by atoms with Crippen LogP contribution in [0.4, 0.5) is 0 Å². The van der Waals surface area contributed by atoms with E-state index in [2.05, 4.69) is 13.5 Å². The number of rotatable bonds is 10. The van der Waals surface area contributed by atoms with Crippen LogP contribution in [0.3, 0.4) is 0 Å². The van der Waals surface area contributed by atoms with Crippen LogP contribution in [0.2, 0.25) is 0 Å². The van der Waals surface area contributed by atoms with Crippen molar-refractivity contribution in [3.63, 3.8) is 0 Å². The number of hydrogen-bond acceptors (Lipinski definition) is 2. The molecule has 0 aliphatic carbocycles. The molecular weight excluding hydrogens is 248 g/mol. The zero-order chi connectivity index (χ0) is 14.8. The van der Waals surface area contributed by atoms with Crippen LogP contribution < -0.4 is 0 Å². The molecule has 0 unspecified atom stereocenters. The molecule has 1 aromatic carbocycles. The minimum Gasteiger partial charge on any atom is -0.388 e. The van der Waals surface area contributed by atoms with Gasteiger partial charge in [-0.05, 0) is 12.0 Å². The molecule has 0 radical (unpaired) electrons. The van der Waals surface area contributed by atoms with Crippen molar-refractivity contribution in [3.8, 4) is 0 Å². The van der Waals surface area contributed by atoms with Crippen LogP contribution in [0, 0.1) is 5.92 Å². The van der Waals surface area contributed by atoms with E-state index in [1.54, 1.807) is 6.08 Å². The summed E-state index contributed by atoms with van der Waals surface area (Å²) in [5.41, 5.74) is 0.824. The first-order valence-corrected chi connectivity index (χ1v) is 7.57. The maximum atomic E-state index is 12.2. The Morgan fingerprint density at radius 2 is 1.95 bits per heavy atom. The summed E-state index contributed by atoms with van der Waals surface area (Å²) in [6.07, 6.45) is 6.48. The maximum absolute atomic E-state index is 12.2. The summed E-state index contributed by atoms with van der Waals surface area (Å²) in [5.74, 6) is -0.222. The summed E-state index contributed by atoms with van der Waals surface area (Å²) in [6.45, 7) is 5.79. The fourth-order valence-corrected chi connectivity index (χ4v) is 2.46. The predicted molar refractivity (Wildman–Crippen MR) is 83.5 cm³/mol. The van der Waals surface area contributed by atoms with Gasteiger partial charge in [0.25, 0.3) is 0 Å². The normalized spacial score (nSPS) is 13.7. The average molecular weight is 274 g/mol. The Morgan fingerprint density at radius 1 is 1.25 bits per heavy atom. The molecule has 0 saturated carbocycles. The molecule has 2 heteroatoms. The molecule has 1 aromatic rings. The molecule has 1 rings (SSSR count). The molecule has 110 valence electrons. The van der Waals surface area contributed by atoms with E-state index in [1.165, 1.54) is 12.8 Å². The maximum Gasteiger partial charge on any atom is 0.142 e. The Bertz CT molecular complexity index is 397. The average Bonchev–Trinajstić information content (AvgIpc) is 2.48. The van der Waals surface area contributed by atoms with Gasteiger partial charge in [-0.25, -0.2) is 0 Å². The van der Waals surface area contributed by atoms with E-state index >= 15 is 0 Å². The zero-order valence-corrected chi connectivity index (χ0v) is 12.4. The molecule has 2 atom stereocenters. The van der Waals surface area contributed by atoms with Gasteiger partial charge >= 0.3 is 0 Å². The van der Waals surface area contributed by atoms with Crippen molar-refractivity contribution in [1.82, 2.24) is 0 Å². The van der Waals surface area contributed by atoms with Crippen LogP contribution >= 0.6 is 0 Å². The van der Waals surface area contributed by atoms with Crippen molar-refractivity contribution < 1.29 is 9.90 Å². The minimum absolute atomic E-state index is 0.0906. The van der Waals surface area contributed by atoms with Crippen LogP contribution in [0.5, 0.6) is 0 Å². The zero-order valence-electron chi connectivity index (χ0n) is 12.4. The van der Waals surface area contributed by atoms with Gasteiger partial charge in [0.1, 0.15) is 5.78 Å². The summed E-state index contributed by atoms with van der Waals surface area (Å²) >= 11 is 0. The van der Waals surface area contributed by atoms with E-state index in [-0.39, 0.29) is 11.7 Å². The lowest BCUT2D eigenvalue weighted by Gasteiger charge is -2.22. The molecule has 0 fully saturated rings. The number of hydrogen-bond donors (Lipinski definition) is 1. The lowest BCUT2D eigenvalue weighted by molar-refractivity contribution is -0.126. The Labute approximate surface area is 122 Å². The largest absolute Gasteiger partial charge is 0.388 e. The van der Waals surface area contributed by atoms with Crippen LogP contribution in [-0.4, -0.2) is 10.9 Å². The number of allylic oxidation sites excluding steroid dienone is 1. The second-order valence-corrected chi connectivity index (χ2v) is 5.27. The lowest BCUT2D eigenvalue weighted by Crippen LogP contribution is -2.22. The Kier molecular flexibility index (Phi) is 7.89. The van der Waals surface area contributed by atoms with Gasteiger partial charge in [0.2, 0.25) is 0 Å². The topological polar surface area (TPSA) is 37.3 Å². The standard InChI is InChI=1S/C18H26O2/c1-3-5-6-10-14-16(17(19)11-4-2)18(20)15-12-8-7-9-13-15/h4,7-9,12-13,16,18,20H,2-3,5-6,10-11,14H2,1H3/t16-,18+/m0/s1. The third-order valence-corrected chi connectivity index (χ3v) is 3.65. The molecule has 2 nitrogen and oxygen atoms in total. The minimum atomic E-state index is -0.703. The van der Waals surface area contributed by atoms with Crippen molar-refractivity contribution in [3.05, 3.63) is 48.6 Å². The molecule has 0 bridgehead atoms. The van der Waals surface area contributed by atoms with Gasteiger partial charge < -0.3 is 5.11 Å². The number of aliphatic hydroxyl groups is 1. The lowest BCUT2D eigenvalue weighted by atomic mass is 9.86. The van der Waals surface area contributed by atoms with E-state index in [9.17, 15) is 9.90 Å². The number of unbranched alkanes of at least 4 members (excludes halogenated alkanes) is 3. The molecule has 0 saturated heterocycles. The molecule has 0 heterocycles. The van der Waals surface area contributed by atoms with Crippen molar-refractivity contribution in [2.24, 2.45) is 5.92 Å². The van der Waals surface area contributed by atoms with E-state index < -0.39 is 6.10 Å².